The molecule has 0 fully saturated rings. The molecule has 0 spiro atoms. The predicted molar refractivity (Wildman–Crippen MR) is 90.1 cm³/mol. The van der Waals surface area contributed by atoms with Crippen molar-refractivity contribution in [3.8, 4) is 0 Å². The largest absolute Gasteiger partial charge is 0.398 e. The molecule has 3 N–H and O–H groups in total. The van der Waals surface area contributed by atoms with Crippen molar-refractivity contribution in [3.05, 3.63) is 56.0 Å². The lowest BCUT2D eigenvalue weighted by molar-refractivity contribution is 0.102. The first-order valence-corrected chi connectivity index (χ1v) is 7.61. The van der Waals surface area contributed by atoms with Gasteiger partial charge in [0, 0.05) is 25.9 Å². The molecule has 0 radical (unpaired) electrons. The molecule has 0 heterocycles. The van der Waals surface area contributed by atoms with E-state index in [2.05, 4.69) is 37.2 Å². The summed E-state index contributed by atoms with van der Waals surface area (Å²) in [6.07, 6.45) is 0. The highest BCUT2D eigenvalue weighted by Gasteiger charge is 2.13. The van der Waals surface area contributed by atoms with Gasteiger partial charge in [0.1, 0.15) is 0 Å². The van der Waals surface area contributed by atoms with Gasteiger partial charge in [-0.3, -0.25) is 4.79 Å². The van der Waals surface area contributed by atoms with Crippen LogP contribution < -0.4 is 11.1 Å². The molecule has 0 bridgehead atoms. The van der Waals surface area contributed by atoms with Gasteiger partial charge in [-0.1, -0.05) is 37.9 Å². The number of nitrogen functional groups attached to an aromatic ring is 1. The van der Waals surface area contributed by atoms with Crippen LogP contribution in [0.2, 0.25) is 0 Å². The summed E-state index contributed by atoms with van der Waals surface area (Å²) in [5, 5.41) is 2.92. The third kappa shape index (κ3) is 3.04. The molecule has 0 saturated carbocycles. The number of amides is 1. The molecule has 5 heteroatoms. The van der Waals surface area contributed by atoms with Gasteiger partial charge >= 0.3 is 0 Å². The number of benzene rings is 2. The highest BCUT2D eigenvalue weighted by atomic mass is 79.9. The molecule has 0 atom stereocenters. The zero-order chi connectivity index (χ0) is 14.9. The molecule has 3 nitrogen and oxygen atoms in total. The maximum Gasteiger partial charge on any atom is 0.256 e. The molecular formula is C15H14Br2N2O. The van der Waals surface area contributed by atoms with Gasteiger partial charge in [-0.2, -0.15) is 0 Å². The van der Waals surface area contributed by atoms with Crippen LogP contribution in [-0.2, 0) is 0 Å². The third-order valence-corrected chi connectivity index (χ3v) is 4.49. The fourth-order valence-corrected chi connectivity index (χ4v) is 2.71. The Balaban J connectivity index is 2.36. The summed E-state index contributed by atoms with van der Waals surface area (Å²) in [5.41, 5.74) is 9.59. The number of hydrogen-bond acceptors (Lipinski definition) is 2. The van der Waals surface area contributed by atoms with Crippen molar-refractivity contribution < 1.29 is 4.79 Å². The smallest absolute Gasteiger partial charge is 0.256 e. The van der Waals surface area contributed by atoms with Gasteiger partial charge in [-0.15, -0.1) is 0 Å². The van der Waals surface area contributed by atoms with Crippen LogP contribution in [0.1, 0.15) is 21.5 Å². The molecule has 2 aromatic carbocycles. The molecule has 20 heavy (non-hydrogen) atoms. The van der Waals surface area contributed by atoms with E-state index in [0.29, 0.717) is 11.3 Å². The van der Waals surface area contributed by atoms with Crippen LogP contribution in [0.5, 0.6) is 0 Å². The zero-order valence-corrected chi connectivity index (χ0v) is 14.3. The second-order valence-electron chi connectivity index (χ2n) is 4.53. The highest BCUT2D eigenvalue weighted by molar-refractivity contribution is 9.10. The average Bonchev–Trinajstić information content (AvgIpc) is 2.39. The summed E-state index contributed by atoms with van der Waals surface area (Å²) in [7, 11) is 0. The summed E-state index contributed by atoms with van der Waals surface area (Å²) < 4.78 is 1.75. The molecule has 2 rings (SSSR count). The first kappa shape index (κ1) is 15.1. The predicted octanol–water partition coefficient (Wildman–Crippen LogP) is 4.66. The van der Waals surface area contributed by atoms with Crippen LogP contribution in [0.15, 0.2) is 39.3 Å². The topological polar surface area (TPSA) is 55.1 Å². The first-order valence-electron chi connectivity index (χ1n) is 6.02. The molecule has 0 aromatic heterocycles. The molecule has 1 amide bonds. The van der Waals surface area contributed by atoms with E-state index in [1.807, 2.05) is 32.0 Å². The van der Waals surface area contributed by atoms with Gasteiger partial charge in [0.25, 0.3) is 5.91 Å². The Kier molecular flexibility index (Phi) is 4.50. The molecule has 0 unspecified atom stereocenters. The van der Waals surface area contributed by atoms with Gasteiger partial charge in [-0.05, 0) is 49.2 Å². The van der Waals surface area contributed by atoms with Gasteiger partial charge < -0.3 is 11.1 Å². The monoisotopic (exact) mass is 396 g/mol. The Bertz CT molecular complexity index is 684. The quantitative estimate of drug-likeness (QED) is 0.723. The second kappa shape index (κ2) is 5.97. The van der Waals surface area contributed by atoms with Crippen LogP contribution in [-0.4, -0.2) is 5.91 Å². The SMILES string of the molecule is Cc1c(Br)cccc1NC(=O)c1cc(Br)cc(N)c1C. The number of anilines is 2. The van der Waals surface area contributed by atoms with Crippen LogP contribution in [0.3, 0.4) is 0 Å². The van der Waals surface area contributed by atoms with E-state index < -0.39 is 0 Å². The lowest BCUT2D eigenvalue weighted by Gasteiger charge is -2.12. The number of carbonyl (C=O) groups is 1. The molecule has 2 aromatic rings. The molecule has 0 aliphatic rings. The lowest BCUT2D eigenvalue weighted by atomic mass is 10.1. The van der Waals surface area contributed by atoms with Crippen molar-refractivity contribution in [2.24, 2.45) is 0 Å². The molecule has 0 aliphatic carbocycles. The van der Waals surface area contributed by atoms with Crippen molar-refractivity contribution in [3.63, 3.8) is 0 Å². The number of hydrogen-bond donors (Lipinski definition) is 2. The Labute approximate surface area is 134 Å². The van der Waals surface area contributed by atoms with Crippen molar-refractivity contribution in [1.29, 1.82) is 0 Å². The Morgan fingerprint density at radius 1 is 1.15 bits per heavy atom. The summed E-state index contributed by atoms with van der Waals surface area (Å²) >= 11 is 6.81. The van der Waals surface area contributed by atoms with Crippen molar-refractivity contribution in [1.82, 2.24) is 0 Å². The van der Waals surface area contributed by atoms with E-state index in [1.54, 1.807) is 12.1 Å². The Hall–Kier alpha value is -1.33. The second-order valence-corrected chi connectivity index (χ2v) is 6.30. The molecule has 104 valence electrons. The van der Waals surface area contributed by atoms with E-state index in [4.69, 9.17) is 5.73 Å². The number of halogens is 2. The molecule has 0 aliphatic heterocycles. The van der Waals surface area contributed by atoms with Gasteiger partial charge in [0.05, 0.1) is 0 Å². The Morgan fingerprint density at radius 3 is 2.55 bits per heavy atom. The van der Waals surface area contributed by atoms with E-state index in [9.17, 15) is 4.79 Å². The van der Waals surface area contributed by atoms with Crippen LogP contribution in [0.25, 0.3) is 0 Å². The number of nitrogens with one attached hydrogen (secondary N) is 1. The maximum absolute atomic E-state index is 12.4. The first-order chi connectivity index (χ1) is 9.40. The third-order valence-electron chi connectivity index (χ3n) is 3.17. The van der Waals surface area contributed by atoms with Crippen molar-refractivity contribution in [2.45, 2.75) is 13.8 Å². The minimum Gasteiger partial charge on any atom is -0.398 e. The number of nitrogens with two attached hydrogens (primary N) is 1. The zero-order valence-electron chi connectivity index (χ0n) is 11.1. The highest BCUT2D eigenvalue weighted by Crippen LogP contribution is 2.26. The van der Waals surface area contributed by atoms with Crippen molar-refractivity contribution in [2.75, 3.05) is 11.1 Å². The van der Waals surface area contributed by atoms with Crippen LogP contribution >= 0.6 is 31.9 Å². The van der Waals surface area contributed by atoms with E-state index >= 15 is 0 Å². The fourth-order valence-electron chi connectivity index (χ4n) is 1.87. The van der Waals surface area contributed by atoms with E-state index in [0.717, 1.165) is 25.8 Å². The van der Waals surface area contributed by atoms with Crippen LogP contribution in [0.4, 0.5) is 11.4 Å². The minimum absolute atomic E-state index is 0.170. The Morgan fingerprint density at radius 2 is 1.85 bits per heavy atom. The summed E-state index contributed by atoms with van der Waals surface area (Å²) in [6, 6.07) is 9.25. The van der Waals surface area contributed by atoms with Crippen LogP contribution in [0, 0.1) is 13.8 Å². The maximum atomic E-state index is 12.4. The van der Waals surface area contributed by atoms with E-state index in [-0.39, 0.29) is 5.91 Å². The fraction of sp³-hybridized carbons (Fsp3) is 0.133. The molecular weight excluding hydrogens is 384 g/mol. The standard InChI is InChI=1S/C15H14Br2N2O/c1-8-11(6-10(16)7-13(8)18)15(20)19-14-5-3-4-12(17)9(14)2/h3-7H,18H2,1-2H3,(H,19,20). The summed E-state index contributed by atoms with van der Waals surface area (Å²) in [4.78, 5) is 12.4. The summed E-state index contributed by atoms with van der Waals surface area (Å²) in [6.45, 7) is 3.78. The van der Waals surface area contributed by atoms with Gasteiger partial charge in [0.2, 0.25) is 0 Å². The van der Waals surface area contributed by atoms with E-state index in [1.165, 1.54) is 0 Å². The normalized spacial score (nSPS) is 10.4. The van der Waals surface area contributed by atoms with Gasteiger partial charge in [0.15, 0.2) is 0 Å². The number of carbonyl (C=O) groups excluding carboxylic acids is 1. The van der Waals surface area contributed by atoms with Gasteiger partial charge in [-0.25, -0.2) is 0 Å². The number of rotatable bonds is 2. The average molecular weight is 398 g/mol. The summed E-state index contributed by atoms with van der Waals surface area (Å²) in [5.74, 6) is -0.170. The van der Waals surface area contributed by atoms with Crippen molar-refractivity contribution >= 4 is 49.1 Å². The minimum atomic E-state index is -0.170. The molecule has 0 saturated heterocycles. The lowest BCUT2D eigenvalue weighted by Crippen LogP contribution is -2.15.